The molecule has 0 radical (unpaired) electrons. The molecular weight excluding hydrogens is 270 g/mol. The van der Waals surface area contributed by atoms with E-state index < -0.39 is 0 Å². The summed E-state index contributed by atoms with van der Waals surface area (Å²) in [5, 5.41) is 16.2. The minimum Gasteiger partial charge on any atom is -0.396 e. The number of thiophene rings is 1. The molecule has 1 atom stereocenters. The molecule has 0 aliphatic heterocycles. The first-order valence-corrected chi connectivity index (χ1v) is 7.71. The molecule has 0 saturated carbocycles. The maximum Gasteiger partial charge on any atom is 0.251 e. The maximum absolute atomic E-state index is 11.9. The molecule has 1 aromatic carbocycles. The van der Waals surface area contributed by atoms with Crippen LogP contribution in [0.5, 0.6) is 0 Å². The van der Waals surface area contributed by atoms with Crippen molar-refractivity contribution >= 4 is 17.2 Å². The molecule has 2 aromatic rings. The Balaban J connectivity index is 1.83. The Hall–Kier alpha value is -1.65. The van der Waals surface area contributed by atoms with Gasteiger partial charge in [0, 0.05) is 18.7 Å². The zero-order valence-corrected chi connectivity index (χ0v) is 12.1. The lowest BCUT2D eigenvalue weighted by atomic mass is 9.95. The smallest absolute Gasteiger partial charge is 0.251 e. The third kappa shape index (κ3) is 4.18. The fourth-order valence-electron chi connectivity index (χ4n) is 2.19. The molecule has 2 N–H and O–H groups in total. The van der Waals surface area contributed by atoms with Gasteiger partial charge < -0.3 is 10.4 Å². The molecule has 4 heteroatoms. The lowest BCUT2D eigenvalue weighted by Gasteiger charge is -2.15. The number of amides is 1. The molecule has 3 nitrogen and oxygen atoms in total. The van der Waals surface area contributed by atoms with Gasteiger partial charge in [0.2, 0.25) is 0 Å². The summed E-state index contributed by atoms with van der Waals surface area (Å²) >= 11 is 1.66. The lowest BCUT2D eigenvalue weighted by Crippen LogP contribution is -2.25. The molecule has 2 rings (SSSR count). The van der Waals surface area contributed by atoms with Crippen molar-refractivity contribution in [3.63, 3.8) is 0 Å². The van der Waals surface area contributed by atoms with Crippen LogP contribution in [0.15, 0.2) is 47.2 Å². The van der Waals surface area contributed by atoms with Crippen molar-refractivity contribution in [3.8, 4) is 0 Å². The predicted molar refractivity (Wildman–Crippen MR) is 82.2 cm³/mol. The van der Waals surface area contributed by atoms with Crippen LogP contribution in [-0.2, 0) is 0 Å². The van der Waals surface area contributed by atoms with E-state index in [-0.39, 0.29) is 12.5 Å². The van der Waals surface area contributed by atoms with E-state index in [1.807, 2.05) is 23.6 Å². The molecule has 0 fully saturated rings. The Labute approximate surface area is 123 Å². The summed E-state index contributed by atoms with van der Waals surface area (Å²) in [5.41, 5.74) is 1.93. The summed E-state index contributed by atoms with van der Waals surface area (Å²) in [7, 11) is 0. The number of aliphatic hydroxyl groups excluding tert-OH is 1. The Morgan fingerprint density at radius 1 is 1.20 bits per heavy atom. The second-order valence-electron chi connectivity index (χ2n) is 4.68. The first kappa shape index (κ1) is 14.8. The number of carbonyl (C=O) groups excluding carboxylic acids is 1. The molecule has 0 spiro atoms. The van der Waals surface area contributed by atoms with E-state index in [1.54, 1.807) is 23.5 Å². The highest BCUT2D eigenvalue weighted by Gasteiger charge is 2.12. The minimum absolute atomic E-state index is 0.0429. The molecule has 0 aliphatic rings. The van der Waals surface area contributed by atoms with Crippen LogP contribution in [0.4, 0.5) is 0 Å². The van der Waals surface area contributed by atoms with Crippen LogP contribution < -0.4 is 5.32 Å². The normalized spacial score (nSPS) is 12.1. The van der Waals surface area contributed by atoms with Crippen molar-refractivity contribution in [1.82, 2.24) is 5.32 Å². The molecule has 0 unspecified atom stereocenters. The Morgan fingerprint density at radius 3 is 2.65 bits per heavy atom. The highest BCUT2D eigenvalue weighted by atomic mass is 32.1. The molecule has 1 aromatic heterocycles. The van der Waals surface area contributed by atoms with E-state index in [2.05, 4.69) is 16.8 Å². The van der Waals surface area contributed by atoms with Gasteiger partial charge in [-0.05, 0) is 53.3 Å². The summed E-state index contributed by atoms with van der Waals surface area (Å²) in [6, 6.07) is 11.3. The van der Waals surface area contributed by atoms with E-state index >= 15 is 0 Å². The molecule has 20 heavy (non-hydrogen) atoms. The molecule has 0 saturated heterocycles. The Kier molecular flexibility index (Phi) is 5.77. The van der Waals surface area contributed by atoms with Crippen molar-refractivity contribution < 1.29 is 9.90 Å². The first-order valence-electron chi connectivity index (χ1n) is 6.77. The number of aliphatic hydroxyl groups is 1. The molecule has 1 heterocycles. The summed E-state index contributed by atoms with van der Waals surface area (Å²) in [6.45, 7) is 0.793. The summed E-state index contributed by atoms with van der Waals surface area (Å²) in [4.78, 5) is 11.9. The van der Waals surface area contributed by atoms with Gasteiger partial charge in [0.05, 0.1) is 0 Å². The van der Waals surface area contributed by atoms with Gasteiger partial charge in [0.25, 0.3) is 5.91 Å². The van der Waals surface area contributed by atoms with Crippen molar-refractivity contribution in [1.29, 1.82) is 0 Å². The van der Waals surface area contributed by atoms with Crippen molar-refractivity contribution in [2.24, 2.45) is 0 Å². The van der Waals surface area contributed by atoms with Gasteiger partial charge in [0.1, 0.15) is 0 Å². The highest BCUT2D eigenvalue weighted by molar-refractivity contribution is 7.07. The van der Waals surface area contributed by atoms with Crippen LogP contribution in [0.2, 0.25) is 0 Å². The van der Waals surface area contributed by atoms with E-state index in [0.717, 1.165) is 12.8 Å². The number of carbonyl (C=O) groups is 1. The Bertz CT molecular complexity index is 511. The lowest BCUT2D eigenvalue weighted by molar-refractivity contribution is 0.0952. The first-order chi connectivity index (χ1) is 9.81. The number of rotatable bonds is 7. The highest BCUT2D eigenvalue weighted by Crippen LogP contribution is 2.24. The quantitative estimate of drug-likeness (QED) is 0.823. The van der Waals surface area contributed by atoms with E-state index in [1.165, 1.54) is 5.56 Å². The number of hydrogen-bond donors (Lipinski definition) is 2. The zero-order valence-electron chi connectivity index (χ0n) is 11.3. The largest absolute Gasteiger partial charge is 0.396 e. The van der Waals surface area contributed by atoms with Gasteiger partial charge in [-0.3, -0.25) is 4.79 Å². The standard InChI is InChI=1S/C16H19NO2S/c18-10-7-13(15-8-11-20-12-15)6-9-17-16(19)14-4-2-1-3-5-14/h1-5,8,11-13,18H,6-7,9-10H2,(H,17,19)/t13-/m1/s1. The van der Waals surface area contributed by atoms with Gasteiger partial charge in [-0.1, -0.05) is 18.2 Å². The van der Waals surface area contributed by atoms with Gasteiger partial charge in [0.15, 0.2) is 0 Å². The number of hydrogen-bond acceptors (Lipinski definition) is 3. The van der Waals surface area contributed by atoms with Crippen LogP contribution in [-0.4, -0.2) is 24.2 Å². The second kappa shape index (κ2) is 7.82. The van der Waals surface area contributed by atoms with Crippen molar-refractivity contribution in [2.45, 2.75) is 18.8 Å². The van der Waals surface area contributed by atoms with Crippen LogP contribution in [0.25, 0.3) is 0 Å². The summed E-state index contributed by atoms with van der Waals surface area (Å²) in [6.07, 6.45) is 1.58. The fraction of sp³-hybridized carbons (Fsp3) is 0.312. The van der Waals surface area contributed by atoms with Gasteiger partial charge >= 0.3 is 0 Å². The van der Waals surface area contributed by atoms with Crippen molar-refractivity contribution in [3.05, 3.63) is 58.3 Å². The topological polar surface area (TPSA) is 49.3 Å². The third-order valence-electron chi connectivity index (χ3n) is 3.31. The van der Waals surface area contributed by atoms with E-state index in [0.29, 0.717) is 18.0 Å². The summed E-state index contributed by atoms with van der Waals surface area (Å²) in [5.74, 6) is 0.265. The third-order valence-corrected chi connectivity index (χ3v) is 4.01. The monoisotopic (exact) mass is 289 g/mol. The predicted octanol–water partition coefficient (Wildman–Crippen LogP) is 3.03. The SMILES string of the molecule is O=C(NCC[C@H](CCO)c1ccsc1)c1ccccc1. The Morgan fingerprint density at radius 2 is 2.00 bits per heavy atom. The van der Waals surface area contributed by atoms with Crippen LogP contribution in [0.3, 0.4) is 0 Å². The van der Waals surface area contributed by atoms with E-state index in [9.17, 15) is 4.79 Å². The fourth-order valence-corrected chi connectivity index (χ4v) is 2.93. The second-order valence-corrected chi connectivity index (χ2v) is 5.46. The molecular formula is C16H19NO2S. The number of benzene rings is 1. The molecule has 0 aliphatic carbocycles. The average Bonchev–Trinajstić information content (AvgIpc) is 3.01. The van der Waals surface area contributed by atoms with Gasteiger partial charge in [-0.25, -0.2) is 0 Å². The summed E-state index contributed by atoms with van der Waals surface area (Å²) < 4.78 is 0. The van der Waals surface area contributed by atoms with Gasteiger partial charge in [-0.15, -0.1) is 0 Å². The zero-order chi connectivity index (χ0) is 14.2. The van der Waals surface area contributed by atoms with Crippen LogP contribution >= 0.6 is 11.3 Å². The maximum atomic E-state index is 11.9. The van der Waals surface area contributed by atoms with Gasteiger partial charge in [-0.2, -0.15) is 11.3 Å². The van der Waals surface area contributed by atoms with E-state index in [4.69, 9.17) is 5.11 Å². The minimum atomic E-state index is -0.0429. The molecule has 106 valence electrons. The van der Waals surface area contributed by atoms with Crippen LogP contribution in [0.1, 0.15) is 34.7 Å². The average molecular weight is 289 g/mol. The molecule has 1 amide bonds. The molecule has 0 bridgehead atoms. The van der Waals surface area contributed by atoms with Crippen molar-refractivity contribution in [2.75, 3.05) is 13.2 Å². The number of nitrogens with one attached hydrogen (secondary N) is 1. The van der Waals surface area contributed by atoms with Crippen LogP contribution in [0, 0.1) is 0 Å².